The highest BCUT2D eigenvalue weighted by Crippen LogP contribution is 2.33. The predicted molar refractivity (Wildman–Crippen MR) is 52.1 cm³/mol. The second kappa shape index (κ2) is 4.73. The molecule has 0 aromatic heterocycles. The molecular weight excluding hydrogens is 240 g/mol. The lowest BCUT2D eigenvalue weighted by molar-refractivity contribution is -0.140. The van der Waals surface area contributed by atoms with Crippen molar-refractivity contribution in [3.05, 3.63) is 35.1 Å². The van der Waals surface area contributed by atoms with E-state index in [2.05, 4.69) is 0 Å². The van der Waals surface area contributed by atoms with Crippen LogP contribution in [0.3, 0.4) is 0 Å². The predicted octanol–water partition coefficient (Wildman–Crippen LogP) is 3.42. The number of carboxylic acid groups (broad SMARTS) is 1. The molecule has 0 aliphatic carbocycles. The molecule has 1 aromatic rings. The molecule has 2 nitrogen and oxygen atoms in total. The highest BCUT2D eigenvalue weighted by atomic mass is 19.4. The van der Waals surface area contributed by atoms with Gasteiger partial charge in [-0.05, 0) is 24.6 Å². The average molecular weight is 250 g/mol. The fourth-order valence-corrected chi connectivity index (χ4v) is 1.51. The van der Waals surface area contributed by atoms with Gasteiger partial charge in [0, 0.05) is 5.56 Å². The summed E-state index contributed by atoms with van der Waals surface area (Å²) < 4.78 is 50.5. The Morgan fingerprint density at radius 3 is 2.41 bits per heavy atom. The Balaban J connectivity index is 3.28. The fraction of sp³-hybridized carbons (Fsp3) is 0.364. The molecule has 0 amide bonds. The van der Waals surface area contributed by atoms with Crippen molar-refractivity contribution in [2.75, 3.05) is 0 Å². The van der Waals surface area contributed by atoms with Crippen molar-refractivity contribution in [1.82, 2.24) is 0 Å². The van der Waals surface area contributed by atoms with Gasteiger partial charge in [0.2, 0.25) is 0 Å². The quantitative estimate of drug-likeness (QED) is 0.834. The molecule has 0 aliphatic rings. The maximum atomic E-state index is 13.3. The summed E-state index contributed by atoms with van der Waals surface area (Å²) in [5, 5.41) is 8.80. The van der Waals surface area contributed by atoms with E-state index < -0.39 is 35.0 Å². The minimum Gasteiger partial charge on any atom is -0.481 e. The van der Waals surface area contributed by atoms with Crippen LogP contribution in [-0.2, 0) is 11.0 Å². The lowest BCUT2D eigenvalue weighted by Gasteiger charge is -2.14. The van der Waals surface area contributed by atoms with Crippen LogP contribution in [0.2, 0.25) is 0 Å². The molecule has 6 heteroatoms. The normalized spacial score (nSPS) is 13.5. The van der Waals surface area contributed by atoms with Crippen molar-refractivity contribution in [2.24, 2.45) is 0 Å². The van der Waals surface area contributed by atoms with Gasteiger partial charge in [-0.3, -0.25) is 4.79 Å². The SMILES string of the molecule is CCC(C(=O)O)c1cc(C(F)(F)F)ccc1F. The zero-order valence-corrected chi connectivity index (χ0v) is 8.88. The molecule has 0 spiro atoms. The van der Waals surface area contributed by atoms with E-state index in [1.165, 1.54) is 6.92 Å². The summed E-state index contributed by atoms with van der Waals surface area (Å²) in [7, 11) is 0. The Labute approximate surface area is 94.9 Å². The molecular formula is C11H10F4O2. The first-order chi connectivity index (χ1) is 7.77. The van der Waals surface area contributed by atoms with E-state index in [0.717, 1.165) is 0 Å². The Morgan fingerprint density at radius 2 is 2.00 bits per heavy atom. The molecule has 0 heterocycles. The van der Waals surface area contributed by atoms with Crippen LogP contribution in [-0.4, -0.2) is 11.1 Å². The molecule has 17 heavy (non-hydrogen) atoms. The van der Waals surface area contributed by atoms with Crippen molar-refractivity contribution in [3.8, 4) is 0 Å². The van der Waals surface area contributed by atoms with Crippen LogP contribution < -0.4 is 0 Å². The number of halogens is 4. The van der Waals surface area contributed by atoms with Crippen LogP contribution in [0.15, 0.2) is 18.2 Å². The monoisotopic (exact) mass is 250 g/mol. The van der Waals surface area contributed by atoms with Crippen LogP contribution in [0.1, 0.15) is 30.4 Å². The number of hydrogen-bond donors (Lipinski definition) is 1. The molecule has 0 bridgehead atoms. The smallest absolute Gasteiger partial charge is 0.416 e. The van der Waals surface area contributed by atoms with Crippen molar-refractivity contribution in [3.63, 3.8) is 0 Å². The highest BCUT2D eigenvalue weighted by Gasteiger charge is 2.32. The number of carbonyl (C=O) groups is 1. The molecule has 0 saturated heterocycles. The molecule has 0 fully saturated rings. The van der Waals surface area contributed by atoms with E-state index in [4.69, 9.17) is 5.11 Å². The Kier molecular flexibility index (Phi) is 3.75. The van der Waals surface area contributed by atoms with Crippen molar-refractivity contribution < 1.29 is 27.5 Å². The fourth-order valence-electron chi connectivity index (χ4n) is 1.51. The maximum Gasteiger partial charge on any atom is 0.416 e. The second-order valence-electron chi connectivity index (χ2n) is 3.53. The lowest BCUT2D eigenvalue weighted by Crippen LogP contribution is -2.14. The first kappa shape index (κ1) is 13.5. The van der Waals surface area contributed by atoms with Crippen LogP contribution in [0.25, 0.3) is 0 Å². The third-order valence-corrected chi connectivity index (χ3v) is 2.41. The lowest BCUT2D eigenvalue weighted by atomic mass is 9.94. The van der Waals surface area contributed by atoms with Gasteiger partial charge < -0.3 is 5.11 Å². The molecule has 1 aromatic carbocycles. The summed E-state index contributed by atoms with van der Waals surface area (Å²) in [6.45, 7) is 1.47. The standard InChI is InChI=1S/C11H10F4O2/c1-2-7(10(16)17)8-5-6(11(13,14)15)3-4-9(8)12/h3-5,7H,2H2,1H3,(H,16,17). The number of hydrogen-bond acceptors (Lipinski definition) is 1. The minimum atomic E-state index is -4.61. The third kappa shape index (κ3) is 2.95. The van der Waals surface area contributed by atoms with Crippen LogP contribution in [0.4, 0.5) is 17.6 Å². The molecule has 1 rings (SSSR count). The van der Waals surface area contributed by atoms with E-state index in [9.17, 15) is 22.4 Å². The van der Waals surface area contributed by atoms with Gasteiger partial charge >= 0.3 is 12.1 Å². The van der Waals surface area contributed by atoms with Crippen LogP contribution in [0, 0.1) is 5.82 Å². The zero-order chi connectivity index (χ0) is 13.2. The number of aliphatic carboxylic acids is 1. The van der Waals surface area contributed by atoms with Gasteiger partial charge in [0.15, 0.2) is 0 Å². The third-order valence-electron chi connectivity index (χ3n) is 2.41. The van der Waals surface area contributed by atoms with Gasteiger partial charge in [-0.1, -0.05) is 6.92 Å². The second-order valence-corrected chi connectivity index (χ2v) is 3.53. The van der Waals surface area contributed by atoms with E-state index in [1.54, 1.807) is 0 Å². The van der Waals surface area contributed by atoms with Crippen molar-refractivity contribution in [1.29, 1.82) is 0 Å². The van der Waals surface area contributed by atoms with Gasteiger partial charge in [0.05, 0.1) is 11.5 Å². The average Bonchev–Trinajstić information content (AvgIpc) is 2.19. The minimum absolute atomic E-state index is 0.0214. The van der Waals surface area contributed by atoms with Gasteiger partial charge in [0.1, 0.15) is 5.82 Å². The first-order valence-electron chi connectivity index (χ1n) is 4.86. The molecule has 1 N–H and O–H groups in total. The van der Waals surface area contributed by atoms with Crippen molar-refractivity contribution in [2.45, 2.75) is 25.4 Å². The zero-order valence-electron chi connectivity index (χ0n) is 8.88. The Bertz CT molecular complexity index is 426. The van der Waals surface area contributed by atoms with E-state index >= 15 is 0 Å². The van der Waals surface area contributed by atoms with E-state index in [0.29, 0.717) is 18.2 Å². The first-order valence-corrected chi connectivity index (χ1v) is 4.86. The highest BCUT2D eigenvalue weighted by molar-refractivity contribution is 5.76. The summed E-state index contributed by atoms with van der Waals surface area (Å²) >= 11 is 0. The van der Waals surface area contributed by atoms with Crippen LogP contribution in [0.5, 0.6) is 0 Å². The molecule has 1 atom stereocenters. The number of carboxylic acids is 1. The summed E-state index contributed by atoms with van der Waals surface area (Å²) in [5.41, 5.74) is -1.48. The largest absolute Gasteiger partial charge is 0.481 e. The molecule has 0 radical (unpaired) electrons. The number of alkyl halides is 3. The molecule has 94 valence electrons. The van der Waals surface area contributed by atoms with Gasteiger partial charge in [-0.2, -0.15) is 13.2 Å². The molecule has 0 aliphatic heterocycles. The van der Waals surface area contributed by atoms with Gasteiger partial charge in [-0.25, -0.2) is 4.39 Å². The molecule has 0 saturated carbocycles. The number of rotatable bonds is 3. The summed E-state index contributed by atoms with van der Waals surface area (Å²) in [6.07, 6.45) is -4.59. The Morgan fingerprint density at radius 1 is 1.41 bits per heavy atom. The summed E-state index contributed by atoms with van der Waals surface area (Å²) in [6, 6.07) is 1.79. The van der Waals surface area contributed by atoms with E-state index in [1.807, 2.05) is 0 Å². The van der Waals surface area contributed by atoms with Crippen molar-refractivity contribution >= 4 is 5.97 Å². The summed E-state index contributed by atoms with van der Waals surface area (Å²) in [5.74, 6) is -3.55. The maximum absolute atomic E-state index is 13.3. The Hall–Kier alpha value is -1.59. The summed E-state index contributed by atoms with van der Waals surface area (Å²) in [4.78, 5) is 10.8. The van der Waals surface area contributed by atoms with Gasteiger partial charge in [-0.15, -0.1) is 0 Å². The van der Waals surface area contributed by atoms with Gasteiger partial charge in [0.25, 0.3) is 0 Å². The van der Waals surface area contributed by atoms with Crippen LogP contribution >= 0.6 is 0 Å². The molecule has 1 unspecified atom stereocenters. The topological polar surface area (TPSA) is 37.3 Å². The number of benzene rings is 1. The van der Waals surface area contributed by atoms with E-state index in [-0.39, 0.29) is 6.42 Å².